The average Bonchev–Trinajstić information content (AvgIpc) is 3.13. The molecule has 1 amide bonds. The first-order valence-corrected chi connectivity index (χ1v) is 9.89. The van der Waals surface area contributed by atoms with E-state index in [0.29, 0.717) is 49.3 Å². The van der Waals surface area contributed by atoms with E-state index in [1.807, 2.05) is 13.0 Å². The van der Waals surface area contributed by atoms with Crippen LogP contribution in [0.1, 0.15) is 46.5 Å². The van der Waals surface area contributed by atoms with Crippen LogP contribution in [0.5, 0.6) is 0 Å². The van der Waals surface area contributed by atoms with Crippen molar-refractivity contribution in [1.29, 1.82) is 0 Å². The fourth-order valence-electron chi connectivity index (χ4n) is 3.54. The molecular formula is C20H26N4O4. The molecule has 0 saturated carbocycles. The number of hydrogen-bond acceptors (Lipinski definition) is 7. The van der Waals surface area contributed by atoms with Gasteiger partial charge in [-0.2, -0.15) is 4.98 Å². The zero-order valence-corrected chi connectivity index (χ0v) is 16.2. The largest absolute Gasteiger partial charge is 0.381 e. The number of ether oxygens (including phenoxy) is 2. The first-order valence-electron chi connectivity index (χ1n) is 9.89. The number of carbonyl (C=O) groups is 1. The van der Waals surface area contributed by atoms with Crippen molar-refractivity contribution >= 4 is 5.91 Å². The molecular weight excluding hydrogens is 360 g/mol. The minimum Gasteiger partial charge on any atom is -0.381 e. The number of likely N-dealkylation sites (tertiary alicyclic amines) is 1. The summed E-state index contributed by atoms with van der Waals surface area (Å²) >= 11 is 0. The van der Waals surface area contributed by atoms with Crippen LogP contribution in [0, 0.1) is 12.8 Å². The molecule has 4 heterocycles. The minimum absolute atomic E-state index is 0.00287. The maximum Gasteiger partial charge on any atom is 0.255 e. The molecule has 0 aliphatic carbocycles. The van der Waals surface area contributed by atoms with Crippen molar-refractivity contribution in [1.82, 2.24) is 20.0 Å². The quantitative estimate of drug-likeness (QED) is 0.672. The highest BCUT2D eigenvalue weighted by Gasteiger charge is 2.36. The van der Waals surface area contributed by atoms with Crippen molar-refractivity contribution in [2.24, 2.45) is 5.92 Å². The maximum atomic E-state index is 12.5. The molecule has 28 heavy (non-hydrogen) atoms. The van der Waals surface area contributed by atoms with Crippen molar-refractivity contribution in [3.8, 4) is 0 Å². The molecule has 150 valence electrons. The van der Waals surface area contributed by atoms with E-state index in [-0.39, 0.29) is 11.8 Å². The normalized spacial score (nSPS) is 18.2. The summed E-state index contributed by atoms with van der Waals surface area (Å²) in [7, 11) is 0. The van der Waals surface area contributed by atoms with Crippen molar-refractivity contribution in [3.05, 3.63) is 41.3 Å². The van der Waals surface area contributed by atoms with E-state index in [0.717, 1.165) is 38.4 Å². The smallest absolute Gasteiger partial charge is 0.255 e. The third kappa shape index (κ3) is 4.39. The van der Waals surface area contributed by atoms with Crippen LogP contribution < -0.4 is 0 Å². The molecule has 2 aliphatic heterocycles. The fraction of sp³-hybridized carbons (Fsp3) is 0.600. The van der Waals surface area contributed by atoms with Gasteiger partial charge in [-0.3, -0.25) is 9.78 Å². The third-order valence-electron chi connectivity index (χ3n) is 5.40. The van der Waals surface area contributed by atoms with Crippen LogP contribution >= 0.6 is 0 Å². The van der Waals surface area contributed by atoms with Crippen molar-refractivity contribution < 1.29 is 18.8 Å². The van der Waals surface area contributed by atoms with Crippen LogP contribution in [0.3, 0.4) is 0 Å². The SMILES string of the molecule is Cc1ncccc1C(=O)N1CC(c2nc(CCOCC3CCOCC3)no2)C1. The standard InChI is InChI=1S/C20H26N4O4/c1-14-17(3-2-7-21-14)20(25)24-11-16(12-24)19-22-18(23-28-19)6-10-27-13-15-4-8-26-9-5-15/h2-3,7,15-16H,4-6,8-13H2,1H3. The van der Waals surface area contributed by atoms with E-state index < -0.39 is 0 Å². The van der Waals surface area contributed by atoms with E-state index >= 15 is 0 Å². The second-order valence-corrected chi connectivity index (χ2v) is 7.47. The van der Waals surface area contributed by atoms with Crippen LogP contribution in [0.25, 0.3) is 0 Å². The Labute approximate surface area is 164 Å². The number of carbonyl (C=O) groups excluding carboxylic acids is 1. The molecule has 0 aromatic carbocycles. The van der Waals surface area contributed by atoms with Gasteiger partial charge in [-0.15, -0.1) is 0 Å². The maximum absolute atomic E-state index is 12.5. The third-order valence-corrected chi connectivity index (χ3v) is 5.40. The summed E-state index contributed by atoms with van der Waals surface area (Å²) < 4.78 is 16.5. The molecule has 2 aromatic heterocycles. The Hall–Kier alpha value is -2.32. The van der Waals surface area contributed by atoms with Crippen molar-refractivity contribution in [3.63, 3.8) is 0 Å². The number of nitrogens with zero attached hydrogens (tertiary/aromatic N) is 4. The predicted molar refractivity (Wildman–Crippen MR) is 100.0 cm³/mol. The lowest BCUT2D eigenvalue weighted by atomic mass is 9.98. The summed E-state index contributed by atoms with van der Waals surface area (Å²) in [6, 6.07) is 3.59. The molecule has 0 N–H and O–H groups in total. The lowest BCUT2D eigenvalue weighted by Gasteiger charge is -2.37. The van der Waals surface area contributed by atoms with Gasteiger partial charge in [0.25, 0.3) is 5.91 Å². The second kappa shape index (κ2) is 8.79. The summed E-state index contributed by atoms with van der Waals surface area (Å²) in [5, 5.41) is 4.05. The fourth-order valence-corrected chi connectivity index (χ4v) is 3.54. The number of amides is 1. The van der Waals surface area contributed by atoms with Gasteiger partial charge in [-0.1, -0.05) is 5.16 Å². The molecule has 0 unspecified atom stereocenters. The summed E-state index contributed by atoms with van der Waals surface area (Å²) in [4.78, 5) is 23.0. The van der Waals surface area contributed by atoms with Crippen LogP contribution in [-0.4, -0.2) is 65.4 Å². The van der Waals surface area contributed by atoms with Crippen LogP contribution in [-0.2, 0) is 15.9 Å². The minimum atomic E-state index is 0.00287. The average molecular weight is 386 g/mol. The number of aryl methyl sites for hydroxylation is 1. The molecule has 0 radical (unpaired) electrons. The van der Waals surface area contributed by atoms with Gasteiger partial charge in [-0.05, 0) is 37.8 Å². The number of aromatic nitrogens is 3. The van der Waals surface area contributed by atoms with Gasteiger partial charge in [0.15, 0.2) is 5.82 Å². The highest BCUT2D eigenvalue weighted by atomic mass is 16.5. The highest BCUT2D eigenvalue weighted by Crippen LogP contribution is 2.27. The van der Waals surface area contributed by atoms with Gasteiger partial charge >= 0.3 is 0 Å². The summed E-state index contributed by atoms with van der Waals surface area (Å²) in [6.07, 6.45) is 4.47. The molecule has 0 atom stereocenters. The first kappa shape index (κ1) is 19.0. The van der Waals surface area contributed by atoms with E-state index in [4.69, 9.17) is 14.0 Å². The van der Waals surface area contributed by atoms with E-state index in [1.54, 1.807) is 17.2 Å². The summed E-state index contributed by atoms with van der Waals surface area (Å²) in [6.45, 7) is 6.06. The van der Waals surface area contributed by atoms with Gasteiger partial charge in [0.05, 0.1) is 18.1 Å². The summed E-state index contributed by atoms with van der Waals surface area (Å²) in [5.74, 6) is 1.96. The Morgan fingerprint density at radius 1 is 1.32 bits per heavy atom. The molecule has 2 saturated heterocycles. The summed E-state index contributed by atoms with van der Waals surface area (Å²) in [5.41, 5.74) is 1.39. The van der Waals surface area contributed by atoms with E-state index in [9.17, 15) is 4.79 Å². The van der Waals surface area contributed by atoms with Gasteiger partial charge < -0.3 is 18.9 Å². The second-order valence-electron chi connectivity index (χ2n) is 7.47. The Balaban J connectivity index is 1.20. The number of hydrogen-bond donors (Lipinski definition) is 0. The molecule has 8 heteroatoms. The zero-order valence-electron chi connectivity index (χ0n) is 16.2. The molecule has 0 spiro atoms. The van der Waals surface area contributed by atoms with E-state index in [2.05, 4.69) is 15.1 Å². The van der Waals surface area contributed by atoms with Crippen LogP contribution in [0.15, 0.2) is 22.9 Å². The van der Waals surface area contributed by atoms with Crippen molar-refractivity contribution in [2.75, 3.05) is 39.5 Å². The zero-order chi connectivity index (χ0) is 19.3. The molecule has 4 rings (SSSR count). The Morgan fingerprint density at radius 2 is 2.14 bits per heavy atom. The molecule has 2 aromatic rings. The molecule has 0 bridgehead atoms. The molecule has 8 nitrogen and oxygen atoms in total. The van der Waals surface area contributed by atoms with Gasteiger partial charge in [0.2, 0.25) is 5.89 Å². The number of rotatable bonds is 7. The Morgan fingerprint density at radius 3 is 2.93 bits per heavy atom. The monoisotopic (exact) mass is 386 g/mol. The van der Waals surface area contributed by atoms with Gasteiger partial charge in [-0.25, -0.2) is 0 Å². The van der Waals surface area contributed by atoms with Gasteiger partial charge in [0, 0.05) is 51.2 Å². The molecule has 2 aliphatic rings. The topological polar surface area (TPSA) is 90.6 Å². The first-order chi connectivity index (χ1) is 13.7. The molecule has 2 fully saturated rings. The van der Waals surface area contributed by atoms with Crippen LogP contribution in [0.2, 0.25) is 0 Å². The van der Waals surface area contributed by atoms with E-state index in [1.165, 1.54) is 0 Å². The highest BCUT2D eigenvalue weighted by molar-refractivity contribution is 5.95. The Kier molecular flexibility index (Phi) is 5.97. The van der Waals surface area contributed by atoms with Crippen LogP contribution in [0.4, 0.5) is 0 Å². The van der Waals surface area contributed by atoms with Crippen molar-refractivity contribution in [2.45, 2.75) is 32.1 Å². The lowest BCUT2D eigenvalue weighted by Crippen LogP contribution is -2.48. The Bertz CT molecular complexity index is 797. The number of pyridine rings is 1. The predicted octanol–water partition coefficient (Wildman–Crippen LogP) is 2.00. The van der Waals surface area contributed by atoms with Gasteiger partial charge in [0.1, 0.15) is 0 Å². The lowest BCUT2D eigenvalue weighted by molar-refractivity contribution is 0.0211.